The Balaban J connectivity index is 0.00000169. The van der Waals surface area contributed by atoms with Crippen LogP contribution in [-0.4, -0.2) is 13.7 Å². The van der Waals surface area contributed by atoms with Crippen molar-refractivity contribution in [1.29, 1.82) is 0 Å². The number of halogens is 3. The summed E-state index contributed by atoms with van der Waals surface area (Å²) in [4.78, 5) is 2.91. The molecule has 0 saturated carbocycles. The Bertz CT molecular complexity index is 344. The van der Waals surface area contributed by atoms with Gasteiger partial charge in [-0.2, -0.15) is 13.2 Å². The van der Waals surface area contributed by atoms with Crippen molar-refractivity contribution in [2.75, 3.05) is 0 Å². The van der Waals surface area contributed by atoms with Crippen LogP contribution >= 0.6 is 0 Å². The van der Waals surface area contributed by atoms with Gasteiger partial charge in [0.2, 0.25) is 0 Å². The fourth-order valence-corrected chi connectivity index (χ4v) is 1.03. The standard InChI is InChI=1S/C6H4F3NO2S.Na/c7-6(8,9)4-2-1-3-5(10-4)13(11)12;/h1-3H,(H,11,12);/q;+1/p-1. The molecule has 3 nitrogen and oxygen atoms in total. The second-order valence-electron chi connectivity index (χ2n) is 2.09. The van der Waals surface area contributed by atoms with Gasteiger partial charge in [0.25, 0.3) is 0 Å². The van der Waals surface area contributed by atoms with Gasteiger partial charge in [0.1, 0.15) is 10.7 Å². The van der Waals surface area contributed by atoms with Crippen molar-refractivity contribution in [2.24, 2.45) is 0 Å². The maximum absolute atomic E-state index is 12.0. The number of alkyl halides is 3. The van der Waals surface area contributed by atoms with Crippen LogP contribution < -0.4 is 29.6 Å². The molecule has 0 aliphatic heterocycles. The summed E-state index contributed by atoms with van der Waals surface area (Å²) in [5.74, 6) is 0. The molecule has 0 aliphatic carbocycles. The van der Waals surface area contributed by atoms with E-state index in [0.29, 0.717) is 6.07 Å². The normalized spacial score (nSPS) is 13.1. The molecule has 0 aromatic carbocycles. The van der Waals surface area contributed by atoms with Crippen LogP contribution in [0.4, 0.5) is 13.2 Å². The van der Waals surface area contributed by atoms with Gasteiger partial charge >= 0.3 is 35.7 Å². The number of nitrogens with zero attached hydrogens (tertiary/aromatic N) is 1. The van der Waals surface area contributed by atoms with Crippen LogP contribution in [0, 0.1) is 0 Å². The van der Waals surface area contributed by atoms with Crippen molar-refractivity contribution in [3.05, 3.63) is 23.9 Å². The summed E-state index contributed by atoms with van der Waals surface area (Å²) >= 11 is -2.74. The summed E-state index contributed by atoms with van der Waals surface area (Å²) in [6.07, 6.45) is -4.62. The maximum Gasteiger partial charge on any atom is 1.00 e. The minimum absolute atomic E-state index is 0. The zero-order chi connectivity index (χ0) is 10.1. The Kier molecular flexibility index (Phi) is 5.24. The molecule has 0 amide bonds. The molecule has 0 fully saturated rings. The van der Waals surface area contributed by atoms with Crippen LogP contribution in [0.1, 0.15) is 5.69 Å². The van der Waals surface area contributed by atoms with Crippen molar-refractivity contribution < 1.29 is 51.5 Å². The molecule has 1 aromatic heterocycles. The zero-order valence-electron chi connectivity index (χ0n) is 7.04. The monoisotopic (exact) mass is 233 g/mol. The Morgan fingerprint density at radius 2 is 1.93 bits per heavy atom. The van der Waals surface area contributed by atoms with Crippen LogP contribution in [-0.2, 0) is 17.3 Å². The van der Waals surface area contributed by atoms with Gasteiger partial charge in [-0.15, -0.1) is 0 Å². The predicted octanol–water partition coefficient (Wildman–Crippen LogP) is -1.66. The Labute approximate surface area is 102 Å². The molecular weight excluding hydrogens is 230 g/mol. The van der Waals surface area contributed by atoms with Gasteiger partial charge in [-0.05, 0) is 23.2 Å². The van der Waals surface area contributed by atoms with Gasteiger partial charge < -0.3 is 4.55 Å². The summed E-state index contributed by atoms with van der Waals surface area (Å²) in [7, 11) is 0. The molecule has 1 aromatic rings. The molecule has 0 N–H and O–H groups in total. The number of aromatic nitrogens is 1. The number of hydrogen-bond acceptors (Lipinski definition) is 3. The summed E-state index contributed by atoms with van der Waals surface area (Å²) in [5, 5.41) is -0.616. The van der Waals surface area contributed by atoms with E-state index in [4.69, 9.17) is 0 Å². The molecule has 1 heterocycles. The van der Waals surface area contributed by atoms with Crippen LogP contribution in [0.2, 0.25) is 0 Å². The molecule has 1 rings (SSSR count). The van der Waals surface area contributed by atoms with E-state index in [0.717, 1.165) is 12.1 Å². The molecule has 0 bridgehead atoms. The fraction of sp³-hybridized carbons (Fsp3) is 0.167. The van der Waals surface area contributed by atoms with Crippen LogP contribution in [0.3, 0.4) is 0 Å². The van der Waals surface area contributed by atoms with Gasteiger partial charge in [-0.25, -0.2) is 4.98 Å². The van der Waals surface area contributed by atoms with E-state index in [9.17, 15) is 21.9 Å². The van der Waals surface area contributed by atoms with Gasteiger partial charge in [0.15, 0.2) is 0 Å². The van der Waals surface area contributed by atoms with Crippen LogP contribution in [0.25, 0.3) is 0 Å². The predicted molar refractivity (Wildman–Crippen MR) is 36.4 cm³/mol. The topological polar surface area (TPSA) is 53.0 Å². The molecule has 8 heteroatoms. The van der Waals surface area contributed by atoms with Crippen molar-refractivity contribution in [2.45, 2.75) is 11.2 Å². The van der Waals surface area contributed by atoms with Gasteiger partial charge in [-0.3, -0.25) is 4.21 Å². The van der Waals surface area contributed by atoms with E-state index in [1.165, 1.54) is 0 Å². The third-order valence-corrected chi connectivity index (χ3v) is 1.75. The summed E-state index contributed by atoms with van der Waals surface area (Å²) in [6, 6.07) is 2.68. The molecule has 1 atom stereocenters. The molecular formula is C6H3F3NNaO2S. The average Bonchev–Trinajstić information content (AvgIpc) is 2.03. The molecule has 1 unspecified atom stereocenters. The first kappa shape index (κ1) is 14.1. The van der Waals surface area contributed by atoms with Gasteiger partial charge in [-0.1, -0.05) is 6.07 Å². The minimum Gasteiger partial charge on any atom is -0.767 e. The van der Waals surface area contributed by atoms with E-state index in [2.05, 4.69) is 4.98 Å². The first-order chi connectivity index (χ1) is 5.91. The van der Waals surface area contributed by atoms with E-state index >= 15 is 0 Å². The van der Waals surface area contributed by atoms with E-state index in [-0.39, 0.29) is 29.6 Å². The third kappa shape index (κ3) is 3.66. The second kappa shape index (κ2) is 5.22. The van der Waals surface area contributed by atoms with Crippen LogP contribution in [0.15, 0.2) is 23.2 Å². The van der Waals surface area contributed by atoms with Crippen molar-refractivity contribution in [1.82, 2.24) is 4.98 Å². The molecule has 14 heavy (non-hydrogen) atoms. The Morgan fingerprint density at radius 1 is 1.36 bits per heavy atom. The van der Waals surface area contributed by atoms with Gasteiger partial charge in [0, 0.05) is 0 Å². The van der Waals surface area contributed by atoms with Crippen molar-refractivity contribution in [3.8, 4) is 0 Å². The largest absolute Gasteiger partial charge is 1.00 e. The fourth-order valence-electron chi connectivity index (χ4n) is 0.666. The van der Waals surface area contributed by atoms with E-state index in [1.54, 1.807) is 0 Å². The van der Waals surface area contributed by atoms with E-state index in [1.807, 2.05) is 0 Å². The first-order valence-corrected chi connectivity index (χ1v) is 4.12. The zero-order valence-corrected chi connectivity index (χ0v) is 9.85. The Hall–Kier alpha value is 0.0500. The first-order valence-electron chi connectivity index (χ1n) is 3.05. The molecule has 0 aliphatic rings. The van der Waals surface area contributed by atoms with E-state index < -0.39 is 28.0 Å². The third-order valence-electron chi connectivity index (χ3n) is 1.18. The molecule has 72 valence electrons. The maximum atomic E-state index is 12.0. The Morgan fingerprint density at radius 3 is 2.36 bits per heavy atom. The summed E-state index contributed by atoms with van der Waals surface area (Å²) in [6.45, 7) is 0. The SMILES string of the molecule is O=S([O-])c1cccc(C(F)(F)F)n1.[Na+]. The minimum atomic E-state index is -4.62. The molecule has 0 saturated heterocycles. The van der Waals surface area contributed by atoms with Crippen molar-refractivity contribution >= 4 is 11.1 Å². The summed E-state index contributed by atoms with van der Waals surface area (Å²) < 4.78 is 56.4. The molecule has 0 radical (unpaired) electrons. The number of rotatable bonds is 1. The smallest absolute Gasteiger partial charge is 0.767 e. The summed E-state index contributed by atoms with van der Waals surface area (Å²) in [5.41, 5.74) is -1.21. The average molecular weight is 233 g/mol. The van der Waals surface area contributed by atoms with Crippen LogP contribution in [0.5, 0.6) is 0 Å². The van der Waals surface area contributed by atoms with Gasteiger partial charge in [0.05, 0.1) is 0 Å². The second-order valence-corrected chi connectivity index (χ2v) is 2.98. The molecule has 0 spiro atoms. The quantitative estimate of drug-likeness (QED) is 0.431. The number of hydrogen-bond donors (Lipinski definition) is 0. The number of pyridine rings is 1. The van der Waals surface area contributed by atoms with Crippen molar-refractivity contribution in [3.63, 3.8) is 0 Å².